The molecule has 0 saturated heterocycles. The predicted octanol–water partition coefficient (Wildman–Crippen LogP) is 3.80. The van der Waals surface area contributed by atoms with Crippen molar-refractivity contribution in [2.24, 2.45) is 0 Å². The Morgan fingerprint density at radius 3 is 2.95 bits per heavy atom. The fourth-order valence-electron chi connectivity index (χ4n) is 2.46. The molecule has 0 saturated carbocycles. The van der Waals surface area contributed by atoms with Crippen LogP contribution in [0.1, 0.15) is 16.7 Å². The lowest BCUT2D eigenvalue weighted by Gasteiger charge is -2.08. The lowest BCUT2D eigenvalue weighted by atomic mass is 10.1. The molecule has 0 atom stereocenters. The van der Waals surface area contributed by atoms with Crippen LogP contribution in [-0.4, -0.2) is 13.2 Å². The lowest BCUT2D eigenvalue weighted by molar-refractivity contribution is 0.357. The number of hydrogen-bond acceptors (Lipinski definition) is 3. The van der Waals surface area contributed by atoms with Crippen molar-refractivity contribution in [1.29, 1.82) is 5.26 Å². The smallest absolute Gasteiger partial charge is 0.122 e. The molecule has 0 bridgehead atoms. The minimum atomic E-state index is 0.483. The molecule has 106 valence electrons. The Morgan fingerprint density at radius 2 is 2.14 bits per heavy atom. The van der Waals surface area contributed by atoms with E-state index in [0.717, 1.165) is 37.4 Å². The molecule has 0 radical (unpaired) electrons. The SMILES string of the molecule is N#Cc1ccc(NCCc2ccc3c(c2)CCO3)cc1Cl. The van der Waals surface area contributed by atoms with E-state index in [9.17, 15) is 0 Å². The fraction of sp³-hybridized carbons (Fsp3) is 0.235. The Bertz CT molecular complexity index is 695. The maximum atomic E-state index is 8.85. The van der Waals surface area contributed by atoms with Gasteiger partial charge in [0, 0.05) is 18.7 Å². The molecule has 3 rings (SSSR count). The fourth-order valence-corrected chi connectivity index (χ4v) is 2.69. The van der Waals surface area contributed by atoms with Gasteiger partial charge in [-0.15, -0.1) is 0 Å². The van der Waals surface area contributed by atoms with Gasteiger partial charge < -0.3 is 10.1 Å². The Hall–Kier alpha value is -2.18. The monoisotopic (exact) mass is 298 g/mol. The summed E-state index contributed by atoms with van der Waals surface area (Å²) in [4.78, 5) is 0. The van der Waals surface area contributed by atoms with E-state index >= 15 is 0 Å². The van der Waals surface area contributed by atoms with Crippen LogP contribution in [0.5, 0.6) is 5.75 Å². The largest absolute Gasteiger partial charge is 0.493 e. The van der Waals surface area contributed by atoms with Crippen molar-refractivity contribution in [3.8, 4) is 11.8 Å². The van der Waals surface area contributed by atoms with Crippen LogP contribution in [-0.2, 0) is 12.8 Å². The molecule has 1 aliphatic rings. The van der Waals surface area contributed by atoms with Crippen LogP contribution >= 0.6 is 11.6 Å². The minimum absolute atomic E-state index is 0.483. The highest BCUT2D eigenvalue weighted by Gasteiger charge is 2.11. The molecule has 2 aromatic rings. The third-order valence-electron chi connectivity index (χ3n) is 3.59. The first-order valence-corrected chi connectivity index (χ1v) is 7.32. The van der Waals surface area contributed by atoms with E-state index < -0.39 is 0 Å². The number of benzene rings is 2. The van der Waals surface area contributed by atoms with Crippen LogP contribution in [0.15, 0.2) is 36.4 Å². The molecule has 1 aliphatic heterocycles. The van der Waals surface area contributed by atoms with Gasteiger partial charge in [-0.1, -0.05) is 23.7 Å². The van der Waals surface area contributed by atoms with Crippen molar-refractivity contribution < 1.29 is 4.74 Å². The van der Waals surface area contributed by atoms with Gasteiger partial charge in [0.05, 0.1) is 17.2 Å². The molecule has 0 fully saturated rings. The topological polar surface area (TPSA) is 45.0 Å². The molecule has 1 heterocycles. The van der Waals surface area contributed by atoms with Crippen molar-refractivity contribution in [3.63, 3.8) is 0 Å². The molecular weight excluding hydrogens is 284 g/mol. The Kier molecular flexibility index (Phi) is 3.98. The molecular formula is C17H15ClN2O. The minimum Gasteiger partial charge on any atom is -0.493 e. The van der Waals surface area contributed by atoms with E-state index in [2.05, 4.69) is 29.6 Å². The quantitative estimate of drug-likeness (QED) is 0.934. The first-order valence-electron chi connectivity index (χ1n) is 6.94. The number of halogens is 1. The zero-order chi connectivity index (χ0) is 14.7. The van der Waals surface area contributed by atoms with Gasteiger partial charge in [-0.05, 0) is 41.8 Å². The summed E-state index contributed by atoms with van der Waals surface area (Å²) in [5, 5.41) is 12.7. The highest BCUT2D eigenvalue weighted by molar-refractivity contribution is 6.32. The highest BCUT2D eigenvalue weighted by Crippen LogP contribution is 2.26. The van der Waals surface area contributed by atoms with Gasteiger partial charge in [0.15, 0.2) is 0 Å². The maximum Gasteiger partial charge on any atom is 0.122 e. The van der Waals surface area contributed by atoms with Crippen molar-refractivity contribution in [3.05, 3.63) is 58.1 Å². The van der Waals surface area contributed by atoms with Crippen LogP contribution in [0.4, 0.5) is 5.69 Å². The van der Waals surface area contributed by atoms with Gasteiger partial charge in [-0.25, -0.2) is 0 Å². The van der Waals surface area contributed by atoms with E-state index in [0.29, 0.717) is 10.6 Å². The van der Waals surface area contributed by atoms with E-state index in [1.54, 1.807) is 12.1 Å². The average molecular weight is 299 g/mol. The Balaban J connectivity index is 1.59. The molecule has 1 N–H and O–H groups in total. The van der Waals surface area contributed by atoms with Gasteiger partial charge >= 0.3 is 0 Å². The number of ether oxygens (including phenoxy) is 1. The summed E-state index contributed by atoms with van der Waals surface area (Å²) in [6.07, 6.45) is 1.94. The van der Waals surface area contributed by atoms with Crippen LogP contribution in [0, 0.1) is 11.3 Å². The van der Waals surface area contributed by atoms with E-state index in [-0.39, 0.29) is 0 Å². The normalized spacial score (nSPS) is 12.4. The Labute approximate surface area is 129 Å². The second kappa shape index (κ2) is 6.07. The molecule has 2 aromatic carbocycles. The lowest BCUT2D eigenvalue weighted by Crippen LogP contribution is -2.05. The molecule has 21 heavy (non-hydrogen) atoms. The van der Waals surface area contributed by atoms with E-state index in [1.165, 1.54) is 11.1 Å². The predicted molar refractivity (Wildman–Crippen MR) is 84.0 cm³/mol. The van der Waals surface area contributed by atoms with E-state index in [1.807, 2.05) is 6.07 Å². The first-order chi connectivity index (χ1) is 10.3. The maximum absolute atomic E-state index is 8.85. The van der Waals surface area contributed by atoms with Crippen molar-refractivity contribution in [1.82, 2.24) is 0 Å². The van der Waals surface area contributed by atoms with Gasteiger partial charge in [0.1, 0.15) is 11.8 Å². The standard InChI is InChI=1S/C17H15ClN2O/c18-16-10-15(3-2-14(16)11-19)20-7-5-12-1-4-17-13(9-12)6-8-21-17/h1-4,9-10,20H,5-8H2. The number of nitrogens with one attached hydrogen (secondary N) is 1. The number of anilines is 1. The number of nitrogens with zero attached hydrogens (tertiary/aromatic N) is 1. The molecule has 4 heteroatoms. The van der Waals surface area contributed by atoms with Crippen LogP contribution in [0.2, 0.25) is 5.02 Å². The summed E-state index contributed by atoms with van der Waals surface area (Å²) < 4.78 is 5.51. The molecule has 3 nitrogen and oxygen atoms in total. The zero-order valence-corrected chi connectivity index (χ0v) is 12.3. The second-order valence-corrected chi connectivity index (χ2v) is 5.43. The highest BCUT2D eigenvalue weighted by atomic mass is 35.5. The molecule has 0 aliphatic carbocycles. The van der Waals surface area contributed by atoms with Gasteiger partial charge in [-0.3, -0.25) is 0 Å². The summed E-state index contributed by atoms with van der Waals surface area (Å²) in [5.41, 5.74) is 4.03. The van der Waals surface area contributed by atoms with E-state index in [4.69, 9.17) is 21.6 Å². The van der Waals surface area contributed by atoms with Crippen LogP contribution in [0.25, 0.3) is 0 Å². The number of fused-ring (bicyclic) bond motifs is 1. The molecule has 0 aromatic heterocycles. The van der Waals surface area contributed by atoms with Crippen molar-refractivity contribution in [2.45, 2.75) is 12.8 Å². The van der Waals surface area contributed by atoms with Gasteiger partial charge in [0.2, 0.25) is 0 Å². The summed E-state index contributed by atoms with van der Waals surface area (Å²) in [5.74, 6) is 1.02. The summed E-state index contributed by atoms with van der Waals surface area (Å²) in [6.45, 7) is 1.61. The van der Waals surface area contributed by atoms with Crippen LogP contribution in [0.3, 0.4) is 0 Å². The zero-order valence-electron chi connectivity index (χ0n) is 11.5. The third kappa shape index (κ3) is 3.12. The summed E-state index contributed by atoms with van der Waals surface area (Å²) in [7, 11) is 0. The van der Waals surface area contributed by atoms with Gasteiger partial charge in [0.25, 0.3) is 0 Å². The van der Waals surface area contributed by atoms with Crippen LogP contribution < -0.4 is 10.1 Å². The number of nitriles is 1. The number of hydrogen-bond donors (Lipinski definition) is 1. The second-order valence-electron chi connectivity index (χ2n) is 5.02. The summed E-state index contributed by atoms with van der Waals surface area (Å²) in [6, 6.07) is 13.8. The van der Waals surface area contributed by atoms with Crippen molar-refractivity contribution >= 4 is 17.3 Å². The molecule has 0 amide bonds. The van der Waals surface area contributed by atoms with Gasteiger partial charge in [-0.2, -0.15) is 5.26 Å². The van der Waals surface area contributed by atoms with Crippen molar-refractivity contribution in [2.75, 3.05) is 18.5 Å². The summed E-state index contributed by atoms with van der Waals surface area (Å²) >= 11 is 6.01. The molecule has 0 unspecified atom stereocenters. The molecule has 0 spiro atoms. The third-order valence-corrected chi connectivity index (χ3v) is 3.90. The number of rotatable bonds is 4. The average Bonchev–Trinajstić information content (AvgIpc) is 2.95. The Morgan fingerprint density at radius 1 is 1.24 bits per heavy atom. The first kappa shape index (κ1) is 13.8.